The summed E-state index contributed by atoms with van der Waals surface area (Å²) in [4.78, 5) is 12.1. The molecule has 0 aliphatic rings. The van der Waals surface area contributed by atoms with Crippen LogP contribution >= 0.6 is 0 Å². The van der Waals surface area contributed by atoms with Gasteiger partial charge in [0.2, 0.25) is 11.8 Å². The quantitative estimate of drug-likeness (QED) is 0.493. The highest BCUT2D eigenvalue weighted by Crippen LogP contribution is 2.18. The van der Waals surface area contributed by atoms with Gasteiger partial charge in [-0.2, -0.15) is 4.52 Å². The summed E-state index contributed by atoms with van der Waals surface area (Å²) in [6.45, 7) is 2.73. The number of benzene rings is 2. The summed E-state index contributed by atoms with van der Waals surface area (Å²) in [6.07, 6.45) is 0.354. The lowest BCUT2D eigenvalue weighted by Gasteiger charge is -2.08. The number of aromatic nitrogens is 4. The molecule has 4 aromatic rings. The maximum atomic E-state index is 12.1. The lowest BCUT2D eigenvalue weighted by molar-refractivity contribution is -0.120. The number of nitrogens with zero attached hydrogens (tertiary/aromatic N) is 4. The van der Waals surface area contributed by atoms with Crippen molar-refractivity contribution in [3.8, 4) is 17.3 Å². The summed E-state index contributed by atoms with van der Waals surface area (Å²) < 4.78 is 7.35. The first kappa shape index (κ1) is 18.6. The number of carbonyl (C=O) groups excluding carboxylic acids is 1. The van der Waals surface area contributed by atoms with Gasteiger partial charge in [0.15, 0.2) is 11.5 Å². The van der Waals surface area contributed by atoms with Crippen LogP contribution in [0.2, 0.25) is 0 Å². The second-order valence-corrected chi connectivity index (χ2v) is 6.70. The Hall–Kier alpha value is -3.74. The molecule has 2 heterocycles. The lowest BCUT2D eigenvalue weighted by atomic mass is 10.1. The maximum absolute atomic E-state index is 12.1. The lowest BCUT2D eigenvalue weighted by Crippen LogP contribution is -2.29. The van der Waals surface area contributed by atoms with Crippen LogP contribution in [0.3, 0.4) is 0 Å². The summed E-state index contributed by atoms with van der Waals surface area (Å²) >= 11 is 0. The summed E-state index contributed by atoms with van der Waals surface area (Å²) in [5, 5.41) is 15.7. The van der Waals surface area contributed by atoms with Crippen LogP contribution in [0.1, 0.15) is 11.1 Å². The average molecular weight is 387 g/mol. The van der Waals surface area contributed by atoms with Crippen molar-refractivity contribution in [3.63, 3.8) is 0 Å². The molecule has 0 aliphatic heterocycles. The number of ether oxygens (including phenoxy) is 1. The maximum Gasteiger partial charge on any atom is 0.231 e. The summed E-state index contributed by atoms with van der Waals surface area (Å²) in [7, 11) is 0. The fraction of sp³-hybridized carbons (Fsp3) is 0.182. The van der Waals surface area contributed by atoms with Gasteiger partial charge >= 0.3 is 0 Å². The fourth-order valence-electron chi connectivity index (χ4n) is 3.03. The molecule has 1 N–H and O–H groups in total. The van der Waals surface area contributed by atoms with E-state index in [9.17, 15) is 4.79 Å². The highest BCUT2D eigenvalue weighted by Gasteiger charge is 2.10. The molecule has 2 aromatic heterocycles. The van der Waals surface area contributed by atoms with E-state index in [1.54, 1.807) is 16.6 Å². The van der Waals surface area contributed by atoms with E-state index in [2.05, 4.69) is 20.6 Å². The zero-order chi connectivity index (χ0) is 20.1. The third-order valence-electron chi connectivity index (χ3n) is 4.39. The first-order valence-corrected chi connectivity index (χ1v) is 9.42. The molecule has 7 nitrogen and oxygen atoms in total. The van der Waals surface area contributed by atoms with Crippen molar-refractivity contribution in [1.29, 1.82) is 0 Å². The molecule has 146 valence electrons. The molecule has 0 unspecified atom stereocenters. The number of hydrogen-bond acceptors (Lipinski definition) is 5. The predicted octanol–water partition coefficient (Wildman–Crippen LogP) is 2.84. The third kappa shape index (κ3) is 4.57. The highest BCUT2D eigenvalue weighted by atomic mass is 16.5. The number of fused-ring (bicyclic) bond motifs is 1. The van der Waals surface area contributed by atoms with Gasteiger partial charge in [-0.3, -0.25) is 4.79 Å². The van der Waals surface area contributed by atoms with E-state index in [0.29, 0.717) is 36.9 Å². The van der Waals surface area contributed by atoms with Crippen LogP contribution in [-0.4, -0.2) is 38.9 Å². The Morgan fingerprint density at radius 3 is 2.72 bits per heavy atom. The van der Waals surface area contributed by atoms with Gasteiger partial charge in [-0.15, -0.1) is 15.3 Å². The summed E-state index contributed by atoms with van der Waals surface area (Å²) in [6, 6.07) is 21.2. The number of amides is 1. The number of carbonyl (C=O) groups is 1. The van der Waals surface area contributed by atoms with Gasteiger partial charge in [-0.05, 0) is 18.6 Å². The van der Waals surface area contributed by atoms with E-state index in [1.165, 1.54) is 0 Å². The minimum atomic E-state index is -0.0345. The molecule has 29 heavy (non-hydrogen) atoms. The molecule has 0 aliphatic carbocycles. The van der Waals surface area contributed by atoms with Gasteiger partial charge in [0, 0.05) is 11.6 Å². The number of rotatable bonds is 7. The van der Waals surface area contributed by atoms with Crippen LogP contribution in [0, 0.1) is 6.92 Å². The fourth-order valence-corrected chi connectivity index (χ4v) is 3.03. The second-order valence-electron chi connectivity index (χ2n) is 6.70. The first-order chi connectivity index (χ1) is 14.2. The molecule has 0 saturated heterocycles. The first-order valence-electron chi connectivity index (χ1n) is 9.42. The van der Waals surface area contributed by atoms with E-state index < -0.39 is 0 Å². The van der Waals surface area contributed by atoms with E-state index in [0.717, 1.165) is 16.7 Å². The molecule has 2 aromatic carbocycles. The Bertz CT molecular complexity index is 1120. The SMILES string of the molecule is Cc1cccc(CC(=O)NCCOc2ccc3nnc(-c4ccccc4)n3n2)c1. The van der Waals surface area contributed by atoms with Crippen molar-refractivity contribution < 1.29 is 9.53 Å². The molecule has 1 amide bonds. The second kappa shape index (κ2) is 8.52. The summed E-state index contributed by atoms with van der Waals surface area (Å²) in [5.41, 5.74) is 3.70. The number of aryl methyl sites for hydroxylation is 1. The zero-order valence-corrected chi connectivity index (χ0v) is 16.1. The molecule has 4 rings (SSSR count). The monoisotopic (exact) mass is 387 g/mol. The predicted molar refractivity (Wildman–Crippen MR) is 110 cm³/mol. The smallest absolute Gasteiger partial charge is 0.231 e. The Kier molecular flexibility index (Phi) is 5.47. The van der Waals surface area contributed by atoms with Gasteiger partial charge < -0.3 is 10.1 Å². The van der Waals surface area contributed by atoms with E-state index >= 15 is 0 Å². The van der Waals surface area contributed by atoms with Crippen LogP contribution in [0.15, 0.2) is 66.7 Å². The topological polar surface area (TPSA) is 81.4 Å². The molecule has 0 saturated carbocycles. The zero-order valence-electron chi connectivity index (χ0n) is 16.1. The van der Waals surface area contributed by atoms with Crippen molar-refractivity contribution in [1.82, 2.24) is 25.1 Å². The number of nitrogens with one attached hydrogen (secondary N) is 1. The Morgan fingerprint density at radius 2 is 1.90 bits per heavy atom. The average Bonchev–Trinajstić information content (AvgIpc) is 3.15. The molecular weight excluding hydrogens is 366 g/mol. The van der Waals surface area contributed by atoms with Crippen LogP contribution in [0.5, 0.6) is 5.88 Å². The Labute approximate surface area is 168 Å². The van der Waals surface area contributed by atoms with Gasteiger partial charge in [0.25, 0.3) is 0 Å². The van der Waals surface area contributed by atoms with Crippen LogP contribution in [-0.2, 0) is 11.2 Å². The highest BCUT2D eigenvalue weighted by molar-refractivity contribution is 5.78. The van der Waals surface area contributed by atoms with Crippen LogP contribution in [0.4, 0.5) is 0 Å². The minimum Gasteiger partial charge on any atom is -0.475 e. The molecular formula is C22H21N5O2. The molecule has 0 bridgehead atoms. The van der Waals surface area contributed by atoms with Crippen molar-refractivity contribution >= 4 is 11.6 Å². The molecule has 0 fully saturated rings. The standard InChI is InChI=1S/C22H21N5O2/c1-16-6-5-7-17(14-16)15-20(28)23-12-13-29-21-11-10-19-24-25-22(27(19)26-21)18-8-3-2-4-9-18/h2-11,14H,12-13,15H2,1H3,(H,23,28). The van der Waals surface area contributed by atoms with Crippen LogP contribution in [0.25, 0.3) is 17.0 Å². The minimum absolute atomic E-state index is 0.0345. The van der Waals surface area contributed by atoms with Gasteiger partial charge in [0.1, 0.15) is 6.61 Å². The van der Waals surface area contributed by atoms with Crippen molar-refractivity contribution in [2.24, 2.45) is 0 Å². The van der Waals surface area contributed by atoms with Gasteiger partial charge in [-0.25, -0.2) is 0 Å². The number of hydrogen-bond donors (Lipinski definition) is 1. The van der Waals surface area contributed by atoms with Gasteiger partial charge in [0.05, 0.1) is 13.0 Å². The third-order valence-corrected chi connectivity index (χ3v) is 4.39. The van der Waals surface area contributed by atoms with Crippen molar-refractivity contribution in [2.75, 3.05) is 13.2 Å². The van der Waals surface area contributed by atoms with Crippen molar-refractivity contribution in [2.45, 2.75) is 13.3 Å². The van der Waals surface area contributed by atoms with E-state index in [-0.39, 0.29) is 5.91 Å². The van der Waals surface area contributed by atoms with Crippen molar-refractivity contribution in [3.05, 3.63) is 77.9 Å². The normalized spacial score (nSPS) is 10.8. The van der Waals surface area contributed by atoms with E-state index in [1.807, 2.05) is 61.5 Å². The molecule has 0 atom stereocenters. The largest absolute Gasteiger partial charge is 0.475 e. The molecule has 0 spiro atoms. The van der Waals surface area contributed by atoms with Crippen LogP contribution < -0.4 is 10.1 Å². The Balaban J connectivity index is 1.33. The van der Waals surface area contributed by atoms with Gasteiger partial charge in [-0.1, -0.05) is 60.2 Å². The molecule has 7 heteroatoms. The Morgan fingerprint density at radius 1 is 1.03 bits per heavy atom. The summed E-state index contributed by atoms with van der Waals surface area (Å²) in [5.74, 6) is 1.06. The molecule has 0 radical (unpaired) electrons. The van der Waals surface area contributed by atoms with E-state index in [4.69, 9.17) is 4.74 Å².